The molecule has 0 unspecified atom stereocenters. The molecule has 3 rings (SSSR count). The zero-order chi connectivity index (χ0) is 19.7. The molecule has 8 heteroatoms. The van der Waals surface area contributed by atoms with Gasteiger partial charge in [0.2, 0.25) is 0 Å². The topological polar surface area (TPSA) is 80.5 Å². The molecule has 0 aromatic heterocycles. The molecule has 1 aliphatic rings. The fraction of sp³-hybridized carbons (Fsp3) is 0.158. The van der Waals surface area contributed by atoms with E-state index in [1.165, 1.54) is 60.3 Å². The largest absolute Gasteiger partial charge is 0.272 e. The molecule has 1 heterocycles. The van der Waals surface area contributed by atoms with Crippen LogP contribution in [0.4, 0.5) is 15.8 Å². The van der Waals surface area contributed by atoms with E-state index in [0.29, 0.717) is 5.56 Å². The number of halogens is 1. The fourth-order valence-corrected chi connectivity index (χ4v) is 3.67. The molecule has 0 atom stereocenters. The molecule has 0 fully saturated rings. The van der Waals surface area contributed by atoms with Crippen molar-refractivity contribution >= 4 is 40.5 Å². The lowest BCUT2D eigenvalue weighted by Gasteiger charge is -2.15. The molecular formula is C19H15FN2O4S. The number of rotatable bonds is 5. The minimum Gasteiger partial charge on any atom is -0.268 e. The molecule has 0 bridgehead atoms. The van der Waals surface area contributed by atoms with Crippen molar-refractivity contribution in [2.45, 2.75) is 19.1 Å². The molecule has 2 aromatic rings. The Hall–Kier alpha value is -3.00. The summed E-state index contributed by atoms with van der Waals surface area (Å²) in [5.74, 6) is -1.50. The Labute approximate surface area is 158 Å². The molecule has 1 aliphatic heterocycles. The number of nitro benzene ring substituents is 1. The van der Waals surface area contributed by atoms with E-state index in [4.69, 9.17) is 0 Å². The molecule has 0 saturated carbocycles. The number of nitrogens with zero attached hydrogens (tertiary/aromatic N) is 2. The highest BCUT2D eigenvalue weighted by molar-refractivity contribution is 8.04. The summed E-state index contributed by atoms with van der Waals surface area (Å²) in [4.78, 5) is 37.5. The Morgan fingerprint density at radius 3 is 2.11 bits per heavy atom. The summed E-state index contributed by atoms with van der Waals surface area (Å²) in [6, 6.07) is 10.6. The van der Waals surface area contributed by atoms with Crippen molar-refractivity contribution in [1.29, 1.82) is 0 Å². The van der Waals surface area contributed by atoms with Gasteiger partial charge in [0.15, 0.2) is 0 Å². The normalized spacial score (nSPS) is 14.4. The molecule has 27 heavy (non-hydrogen) atoms. The maximum atomic E-state index is 13.2. The van der Waals surface area contributed by atoms with Gasteiger partial charge in [-0.05, 0) is 42.0 Å². The summed E-state index contributed by atoms with van der Waals surface area (Å²) < 4.78 is 13.2. The number of carbonyl (C=O) groups excluding carboxylic acids is 2. The van der Waals surface area contributed by atoms with Crippen molar-refractivity contribution in [3.63, 3.8) is 0 Å². The average Bonchev–Trinajstić information content (AvgIpc) is 2.86. The zero-order valence-electron chi connectivity index (χ0n) is 14.5. The number of amides is 2. The maximum absolute atomic E-state index is 13.2. The molecule has 2 amide bonds. The molecular weight excluding hydrogens is 371 g/mol. The highest BCUT2D eigenvalue weighted by Crippen LogP contribution is 2.40. The van der Waals surface area contributed by atoms with Gasteiger partial charge in [-0.2, -0.15) is 0 Å². The first-order valence-electron chi connectivity index (χ1n) is 8.09. The Morgan fingerprint density at radius 1 is 1.00 bits per heavy atom. The van der Waals surface area contributed by atoms with E-state index in [0.717, 1.165) is 4.90 Å². The summed E-state index contributed by atoms with van der Waals surface area (Å²) in [7, 11) is 0. The summed E-state index contributed by atoms with van der Waals surface area (Å²) in [6.45, 7) is 3.78. The van der Waals surface area contributed by atoms with E-state index in [1.54, 1.807) is 0 Å². The number of carbonyl (C=O) groups is 2. The van der Waals surface area contributed by atoms with Crippen molar-refractivity contribution in [2.24, 2.45) is 0 Å². The van der Waals surface area contributed by atoms with Crippen LogP contribution in [0, 0.1) is 15.9 Å². The van der Waals surface area contributed by atoms with Crippen LogP contribution in [0.1, 0.15) is 19.4 Å². The number of hydrogen-bond acceptors (Lipinski definition) is 5. The van der Waals surface area contributed by atoms with Crippen LogP contribution in [0.25, 0.3) is 5.57 Å². The molecule has 0 saturated heterocycles. The van der Waals surface area contributed by atoms with Gasteiger partial charge in [0.05, 0.1) is 21.1 Å². The quantitative estimate of drug-likeness (QED) is 0.438. The van der Waals surface area contributed by atoms with Crippen LogP contribution in [0.5, 0.6) is 0 Å². The van der Waals surface area contributed by atoms with Crippen LogP contribution < -0.4 is 4.90 Å². The van der Waals surface area contributed by atoms with Gasteiger partial charge in [-0.15, -0.1) is 11.8 Å². The van der Waals surface area contributed by atoms with Crippen LogP contribution in [-0.2, 0) is 9.59 Å². The lowest BCUT2D eigenvalue weighted by atomic mass is 10.1. The SMILES string of the molecule is CC(C)SC1=C(c2ccc([N+](=O)[O-])cc2)C(=O)N(c2ccc(F)cc2)C1=O. The third-order valence-electron chi connectivity index (χ3n) is 3.85. The predicted molar refractivity (Wildman–Crippen MR) is 102 cm³/mol. The van der Waals surface area contributed by atoms with E-state index >= 15 is 0 Å². The maximum Gasteiger partial charge on any atom is 0.272 e. The van der Waals surface area contributed by atoms with Gasteiger partial charge >= 0.3 is 0 Å². The molecule has 0 radical (unpaired) electrons. The first-order valence-corrected chi connectivity index (χ1v) is 8.97. The Kier molecular flexibility index (Phi) is 5.09. The standard InChI is InChI=1S/C19H15FN2O4S/c1-11(2)27-17-16(12-3-7-15(8-4-12)22(25)26)18(23)21(19(17)24)14-9-5-13(20)6-10-14/h3-11H,1-2H3. The fourth-order valence-electron chi connectivity index (χ4n) is 2.68. The van der Waals surface area contributed by atoms with Crippen molar-refractivity contribution in [2.75, 3.05) is 4.90 Å². The van der Waals surface area contributed by atoms with Crippen molar-refractivity contribution in [3.05, 3.63) is 74.9 Å². The summed E-state index contributed by atoms with van der Waals surface area (Å²) in [5.41, 5.74) is 0.777. The molecule has 2 aromatic carbocycles. The van der Waals surface area contributed by atoms with Crippen molar-refractivity contribution in [3.8, 4) is 0 Å². The summed E-state index contributed by atoms with van der Waals surface area (Å²) in [6.07, 6.45) is 0. The molecule has 0 spiro atoms. The third kappa shape index (κ3) is 3.61. The van der Waals surface area contributed by atoms with Gasteiger partial charge < -0.3 is 0 Å². The van der Waals surface area contributed by atoms with Crippen LogP contribution >= 0.6 is 11.8 Å². The van der Waals surface area contributed by atoms with E-state index in [-0.39, 0.29) is 27.1 Å². The number of benzene rings is 2. The molecule has 138 valence electrons. The first kappa shape index (κ1) is 18.8. The number of imide groups is 1. The lowest BCUT2D eigenvalue weighted by molar-refractivity contribution is -0.384. The highest BCUT2D eigenvalue weighted by atomic mass is 32.2. The molecule has 0 N–H and O–H groups in total. The van der Waals surface area contributed by atoms with Crippen LogP contribution in [0.15, 0.2) is 53.4 Å². The van der Waals surface area contributed by atoms with Crippen molar-refractivity contribution in [1.82, 2.24) is 0 Å². The van der Waals surface area contributed by atoms with E-state index in [2.05, 4.69) is 0 Å². The zero-order valence-corrected chi connectivity index (χ0v) is 15.3. The van der Waals surface area contributed by atoms with E-state index in [9.17, 15) is 24.1 Å². The molecule has 0 aliphatic carbocycles. The number of nitro groups is 1. The monoisotopic (exact) mass is 386 g/mol. The van der Waals surface area contributed by atoms with Gasteiger partial charge in [-0.1, -0.05) is 13.8 Å². The predicted octanol–water partition coefficient (Wildman–Crippen LogP) is 4.16. The second-order valence-corrected chi connectivity index (χ2v) is 7.68. The van der Waals surface area contributed by atoms with Crippen LogP contribution in [0.2, 0.25) is 0 Å². The van der Waals surface area contributed by atoms with E-state index < -0.39 is 22.6 Å². The summed E-state index contributed by atoms with van der Waals surface area (Å²) >= 11 is 1.25. The molecule has 6 nitrogen and oxygen atoms in total. The van der Waals surface area contributed by atoms with Gasteiger partial charge in [0.25, 0.3) is 17.5 Å². The second-order valence-electron chi connectivity index (χ2n) is 6.10. The smallest absolute Gasteiger partial charge is 0.268 e. The summed E-state index contributed by atoms with van der Waals surface area (Å²) in [5, 5.41) is 10.9. The highest BCUT2D eigenvalue weighted by Gasteiger charge is 2.40. The van der Waals surface area contributed by atoms with E-state index in [1.807, 2.05) is 13.8 Å². The first-order chi connectivity index (χ1) is 12.8. The number of anilines is 1. The number of hydrogen-bond donors (Lipinski definition) is 0. The Bertz CT molecular complexity index is 953. The minimum absolute atomic E-state index is 0.0398. The lowest BCUT2D eigenvalue weighted by Crippen LogP contribution is -2.31. The number of non-ortho nitro benzene ring substituents is 1. The van der Waals surface area contributed by atoms with Crippen LogP contribution in [0.3, 0.4) is 0 Å². The Balaban J connectivity index is 2.07. The number of thioether (sulfide) groups is 1. The minimum atomic E-state index is -0.538. The van der Waals surface area contributed by atoms with Gasteiger partial charge in [0, 0.05) is 17.4 Å². The van der Waals surface area contributed by atoms with Gasteiger partial charge in [-0.25, -0.2) is 9.29 Å². The second kappa shape index (κ2) is 7.32. The van der Waals surface area contributed by atoms with Crippen LogP contribution in [-0.4, -0.2) is 22.0 Å². The van der Waals surface area contributed by atoms with Gasteiger partial charge in [-0.3, -0.25) is 19.7 Å². The Morgan fingerprint density at radius 2 is 1.59 bits per heavy atom. The van der Waals surface area contributed by atoms with Gasteiger partial charge in [0.1, 0.15) is 5.82 Å². The third-order valence-corrected chi connectivity index (χ3v) is 4.93. The van der Waals surface area contributed by atoms with Crippen molar-refractivity contribution < 1.29 is 18.9 Å². The average molecular weight is 386 g/mol.